The van der Waals surface area contributed by atoms with Crippen molar-refractivity contribution in [2.75, 3.05) is 13.7 Å². The first kappa shape index (κ1) is 14.0. The van der Waals surface area contributed by atoms with Crippen LogP contribution in [0.25, 0.3) is 0 Å². The van der Waals surface area contributed by atoms with E-state index in [9.17, 15) is 0 Å². The van der Waals surface area contributed by atoms with Crippen molar-refractivity contribution in [3.05, 3.63) is 45.9 Å². The first-order valence-electron chi connectivity index (χ1n) is 6.45. The Morgan fingerprint density at radius 2 is 2.21 bits per heavy atom. The Labute approximate surface area is 118 Å². The summed E-state index contributed by atoms with van der Waals surface area (Å²) in [5.74, 6) is 1.33. The molecule has 0 radical (unpaired) electrons. The van der Waals surface area contributed by atoms with Crippen molar-refractivity contribution in [1.82, 2.24) is 4.98 Å². The Hall–Kier alpha value is -1.39. The molecule has 4 heteroatoms. The average Bonchev–Trinajstić information content (AvgIpc) is 2.83. The molecular formula is C15H20N2OS. The third-order valence-corrected chi connectivity index (χ3v) is 3.98. The molecule has 2 rings (SSSR count). The number of ether oxygens (including phenoxy) is 1. The van der Waals surface area contributed by atoms with E-state index in [1.54, 1.807) is 18.4 Å². The van der Waals surface area contributed by atoms with Gasteiger partial charge in [0.25, 0.3) is 0 Å². The molecule has 0 amide bonds. The molecule has 2 N–H and O–H groups in total. The van der Waals surface area contributed by atoms with Gasteiger partial charge < -0.3 is 10.5 Å². The standard InChI is InChI=1S/C15H20N2OS/c1-11-17-14(10-19-11)7-13(9-16)6-12-4-3-5-15(8-12)18-2/h3-5,8,10,13H,6-7,9,16H2,1-2H3. The van der Waals surface area contributed by atoms with Crippen LogP contribution in [0.15, 0.2) is 29.6 Å². The minimum absolute atomic E-state index is 0.425. The SMILES string of the molecule is COc1cccc(CC(CN)Cc2csc(C)n2)c1. The number of hydrogen-bond acceptors (Lipinski definition) is 4. The number of aromatic nitrogens is 1. The van der Waals surface area contributed by atoms with Crippen LogP contribution in [0.5, 0.6) is 5.75 Å². The van der Waals surface area contributed by atoms with Gasteiger partial charge in [-0.1, -0.05) is 12.1 Å². The van der Waals surface area contributed by atoms with Crippen LogP contribution in [0.2, 0.25) is 0 Å². The highest BCUT2D eigenvalue weighted by molar-refractivity contribution is 7.09. The molecule has 2 aromatic rings. The van der Waals surface area contributed by atoms with Crippen LogP contribution in [0.4, 0.5) is 0 Å². The highest BCUT2D eigenvalue weighted by Gasteiger charge is 2.11. The molecule has 102 valence electrons. The van der Waals surface area contributed by atoms with Crippen molar-refractivity contribution >= 4 is 11.3 Å². The number of methoxy groups -OCH3 is 1. The number of aryl methyl sites for hydroxylation is 1. The predicted molar refractivity (Wildman–Crippen MR) is 79.8 cm³/mol. The quantitative estimate of drug-likeness (QED) is 0.882. The van der Waals surface area contributed by atoms with E-state index in [-0.39, 0.29) is 0 Å². The Kier molecular flexibility index (Phi) is 4.93. The molecule has 0 aliphatic rings. The lowest BCUT2D eigenvalue weighted by Crippen LogP contribution is -2.19. The molecule has 0 saturated heterocycles. The van der Waals surface area contributed by atoms with Crippen LogP contribution in [0.3, 0.4) is 0 Å². The maximum absolute atomic E-state index is 5.89. The highest BCUT2D eigenvalue weighted by Crippen LogP contribution is 2.19. The zero-order valence-electron chi connectivity index (χ0n) is 11.4. The van der Waals surface area contributed by atoms with Crippen LogP contribution >= 0.6 is 11.3 Å². The molecule has 0 spiro atoms. The van der Waals surface area contributed by atoms with E-state index in [4.69, 9.17) is 10.5 Å². The minimum atomic E-state index is 0.425. The van der Waals surface area contributed by atoms with Crippen molar-refractivity contribution in [3.8, 4) is 5.75 Å². The molecule has 0 fully saturated rings. The summed E-state index contributed by atoms with van der Waals surface area (Å²) in [5.41, 5.74) is 8.31. The van der Waals surface area contributed by atoms with Gasteiger partial charge in [0.15, 0.2) is 0 Å². The van der Waals surface area contributed by atoms with Crippen molar-refractivity contribution in [2.45, 2.75) is 19.8 Å². The maximum Gasteiger partial charge on any atom is 0.119 e. The van der Waals surface area contributed by atoms with Crippen LogP contribution in [0.1, 0.15) is 16.3 Å². The Balaban J connectivity index is 2.01. The Morgan fingerprint density at radius 3 is 2.84 bits per heavy atom. The number of benzene rings is 1. The summed E-state index contributed by atoms with van der Waals surface area (Å²) in [7, 11) is 1.69. The fraction of sp³-hybridized carbons (Fsp3) is 0.400. The lowest BCUT2D eigenvalue weighted by atomic mass is 9.95. The second-order valence-corrected chi connectivity index (χ2v) is 5.78. The number of nitrogens with two attached hydrogens (primary N) is 1. The van der Waals surface area contributed by atoms with Gasteiger partial charge in [-0.25, -0.2) is 4.98 Å². The van der Waals surface area contributed by atoms with Crippen molar-refractivity contribution in [3.63, 3.8) is 0 Å². The summed E-state index contributed by atoms with van der Waals surface area (Å²) in [6, 6.07) is 8.19. The summed E-state index contributed by atoms with van der Waals surface area (Å²) in [6.07, 6.45) is 1.91. The van der Waals surface area contributed by atoms with Gasteiger partial charge in [0.05, 0.1) is 17.8 Å². The monoisotopic (exact) mass is 276 g/mol. The van der Waals surface area contributed by atoms with Crippen LogP contribution in [0, 0.1) is 12.8 Å². The zero-order chi connectivity index (χ0) is 13.7. The van der Waals surface area contributed by atoms with Gasteiger partial charge in [-0.3, -0.25) is 0 Å². The van der Waals surface area contributed by atoms with E-state index in [1.807, 2.05) is 19.1 Å². The molecule has 3 nitrogen and oxygen atoms in total. The van der Waals surface area contributed by atoms with Gasteiger partial charge in [0.1, 0.15) is 5.75 Å². The lowest BCUT2D eigenvalue weighted by Gasteiger charge is -2.14. The lowest BCUT2D eigenvalue weighted by molar-refractivity contribution is 0.413. The minimum Gasteiger partial charge on any atom is -0.497 e. The fourth-order valence-corrected chi connectivity index (χ4v) is 2.79. The normalized spacial score (nSPS) is 12.4. The van der Waals surface area contributed by atoms with Crippen LogP contribution < -0.4 is 10.5 Å². The molecule has 1 aromatic heterocycles. The van der Waals surface area contributed by atoms with E-state index >= 15 is 0 Å². The molecule has 0 aliphatic heterocycles. The molecule has 1 atom stereocenters. The predicted octanol–water partition coefficient (Wildman–Crippen LogP) is 2.82. The first-order chi connectivity index (χ1) is 9.21. The third-order valence-electron chi connectivity index (χ3n) is 3.16. The van der Waals surface area contributed by atoms with Gasteiger partial charge in [-0.15, -0.1) is 11.3 Å². The van der Waals surface area contributed by atoms with E-state index < -0.39 is 0 Å². The average molecular weight is 276 g/mol. The molecule has 19 heavy (non-hydrogen) atoms. The molecule has 1 heterocycles. The smallest absolute Gasteiger partial charge is 0.119 e. The Morgan fingerprint density at radius 1 is 1.37 bits per heavy atom. The van der Waals surface area contributed by atoms with Crippen molar-refractivity contribution < 1.29 is 4.74 Å². The zero-order valence-corrected chi connectivity index (χ0v) is 12.2. The van der Waals surface area contributed by atoms with Crippen LogP contribution in [-0.4, -0.2) is 18.6 Å². The van der Waals surface area contributed by atoms with Gasteiger partial charge in [0, 0.05) is 5.38 Å². The van der Waals surface area contributed by atoms with E-state index in [0.29, 0.717) is 12.5 Å². The topological polar surface area (TPSA) is 48.1 Å². The van der Waals surface area contributed by atoms with Gasteiger partial charge in [0.2, 0.25) is 0 Å². The summed E-state index contributed by atoms with van der Waals surface area (Å²) < 4.78 is 5.25. The number of hydrogen-bond donors (Lipinski definition) is 1. The largest absolute Gasteiger partial charge is 0.497 e. The molecule has 0 saturated carbocycles. The van der Waals surface area contributed by atoms with E-state index in [1.165, 1.54) is 5.56 Å². The van der Waals surface area contributed by atoms with Crippen LogP contribution in [-0.2, 0) is 12.8 Å². The second kappa shape index (κ2) is 6.68. The third kappa shape index (κ3) is 4.04. The van der Waals surface area contributed by atoms with Gasteiger partial charge in [-0.2, -0.15) is 0 Å². The first-order valence-corrected chi connectivity index (χ1v) is 7.33. The summed E-state index contributed by atoms with van der Waals surface area (Å²) in [4.78, 5) is 4.51. The number of thiazole rings is 1. The summed E-state index contributed by atoms with van der Waals surface area (Å²) >= 11 is 1.70. The number of nitrogens with zero attached hydrogens (tertiary/aromatic N) is 1. The second-order valence-electron chi connectivity index (χ2n) is 4.72. The molecule has 0 bridgehead atoms. The fourth-order valence-electron chi connectivity index (χ4n) is 2.17. The van der Waals surface area contributed by atoms with E-state index in [2.05, 4.69) is 22.5 Å². The van der Waals surface area contributed by atoms with Crippen molar-refractivity contribution in [1.29, 1.82) is 0 Å². The molecule has 1 unspecified atom stereocenters. The van der Waals surface area contributed by atoms with Gasteiger partial charge in [-0.05, 0) is 49.9 Å². The van der Waals surface area contributed by atoms with Gasteiger partial charge >= 0.3 is 0 Å². The Bertz CT molecular complexity index is 524. The van der Waals surface area contributed by atoms with Crippen molar-refractivity contribution in [2.24, 2.45) is 11.7 Å². The summed E-state index contributed by atoms with van der Waals surface area (Å²) in [5, 5.41) is 3.25. The number of rotatable bonds is 6. The molecule has 0 aliphatic carbocycles. The maximum atomic E-state index is 5.89. The highest BCUT2D eigenvalue weighted by atomic mass is 32.1. The molecule has 1 aromatic carbocycles. The molecular weight excluding hydrogens is 256 g/mol. The van der Waals surface area contributed by atoms with E-state index in [0.717, 1.165) is 29.3 Å². The summed E-state index contributed by atoms with van der Waals surface area (Å²) in [6.45, 7) is 2.71.